The average Bonchev–Trinajstić information content (AvgIpc) is 1.81. The summed E-state index contributed by atoms with van der Waals surface area (Å²) in [6, 6.07) is 0. The van der Waals surface area contributed by atoms with Gasteiger partial charge in [-0.05, 0) is 18.9 Å². The van der Waals surface area contributed by atoms with Crippen molar-refractivity contribution < 1.29 is 4.74 Å². The highest BCUT2D eigenvalue weighted by Gasteiger charge is 1.71. The van der Waals surface area contributed by atoms with Gasteiger partial charge in [0.1, 0.15) is 0 Å². The monoisotopic (exact) mass is 112 g/mol. The Balaban J connectivity index is 2.90. The van der Waals surface area contributed by atoms with Crippen LogP contribution >= 0.6 is 0 Å². The van der Waals surface area contributed by atoms with Crippen LogP contribution in [0.3, 0.4) is 0 Å². The van der Waals surface area contributed by atoms with E-state index < -0.39 is 0 Å². The zero-order chi connectivity index (χ0) is 6.24. The number of hydrogen-bond acceptors (Lipinski definition) is 1. The van der Waals surface area contributed by atoms with Crippen molar-refractivity contribution in [3.8, 4) is 0 Å². The molecule has 0 aliphatic rings. The van der Waals surface area contributed by atoms with E-state index in [4.69, 9.17) is 0 Å². The summed E-state index contributed by atoms with van der Waals surface area (Å²) in [5.41, 5.74) is 0. The largest absolute Gasteiger partial charge is 0.505 e. The molecule has 0 spiro atoms. The lowest BCUT2D eigenvalue weighted by atomic mass is 10.3. The summed E-state index contributed by atoms with van der Waals surface area (Å²) in [5.74, 6) is 0. The van der Waals surface area contributed by atoms with E-state index in [-0.39, 0.29) is 0 Å². The SMILES string of the molecule is C=CCC/C=C/OC. The van der Waals surface area contributed by atoms with Crippen LogP contribution in [0.5, 0.6) is 0 Å². The summed E-state index contributed by atoms with van der Waals surface area (Å²) in [5, 5.41) is 0. The van der Waals surface area contributed by atoms with E-state index in [2.05, 4.69) is 11.3 Å². The Morgan fingerprint density at radius 1 is 1.50 bits per heavy atom. The van der Waals surface area contributed by atoms with Crippen molar-refractivity contribution in [1.82, 2.24) is 0 Å². The van der Waals surface area contributed by atoms with Crippen LogP contribution in [0.15, 0.2) is 25.0 Å². The van der Waals surface area contributed by atoms with Gasteiger partial charge >= 0.3 is 0 Å². The fraction of sp³-hybridized carbons (Fsp3) is 0.429. The van der Waals surface area contributed by atoms with Gasteiger partial charge in [-0.3, -0.25) is 0 Å². The number of allylic oxidation sites excluding steroid dienone is 2. The summed E-state index contributed by atoms with van der Waals surface area (Å²) in [6.07, 6.45) is 7.60. The van der Waals surface area contributed by atoms with E-state index in [1.807, 2.05) is 12.2 Å². The Bertz CT molecular complexity index is 74.5. The van der Waals surface area contributed by atoms with Crippen LogP contribution in [0.4, 0.5) is 0 Å². The van der Waals surface area contributed by atoms with Crippen LogP contribution < -0.4 is 0 Å². The first-order valence-electron chi connectivity index (χ1n) is 2.70. The number of unbranched alkanes of at least 4 members (excludes halogenated alkanes) is 1. The van der Waals surface area contributed by atoms with E-state index in [0.717, 1.165) is 12.8 Å². The topological polar surface area (TPSA) is 9.23 Å². The third-order valence-electron chi connectivity index (χ3n) is 0.770. The normalized spacial score (nSPS) is 9.62. The molecule has 0 aliphatic carbocycles. The predicted octanol–water partition coefficient (Wildman–Crippen LogP) is 2.11. The Morgan fingerprint density at radius 3 is 2.75 bits per heavy atom. The second-order valence-corrected chi connectivity index (χ2v) is 1.47. The lowest BCUT2D eigenvalue weighted by Crippen LogP contribution is -1.65. The van der Waals surface area contributed by atoms with Crippen LogP contribution in [0.1, 0.15) is 12.8 Å². The minimum atomic E-state index is 1.03. The molecule has 0 aromatic carbocycles. The molecular weight excluding hydrogens is 100 g/mol. The molecule has 8 heavy (non-hydrogen) atoms. The molecule has 0 fully saturated rings. The van der Waals surface area contributed by atoms with E-state index in [9.17, 15) is 0 Å². The first-order valence-corrected chi connectivity index (χ1v) is 2.70. The second-order valence-electron chi connectivity index (χ2n) is 1.47. The van der Waals surface area contributed by atoms with E-state index in [1.165, 1.54) is 0 Å². The maximum Gasteiger partial charge on any atom is 0.0784 e. The first kappa shape index (κ1) is 7.28. The summed E-state index contributed by atoms with van der Waals surface area (Å²) >= 11 is 0. The van der Waals surface area contributed by atoms with Gasteiger partial charge in [0, 0.05) is 0 Å². The standard InChI is InChI=1S/C7H12O/c1-3-4-5-6-7-8-2/h3,6-7H,1,4-5H2,2H3/b7-6+. The average molecular weight is 112 g/mol. The molecule has 1 heteroatoms. The van der Waals surface area contributed by atoms with Crippen LogP contribution in [0, 0.1) is 0 Å². The van der Waals surface area contributed by atoms with E-state index in [0.29, 0.717) is 0 Å². The predicted molar refractivity (Wildman–Crippen MR) is 35.6 cm³/mol. The molecule has 46 valence electrons. The molecule has 0 aromatic heterocycles. The highest BCUT2D eigenvalue weighted by atomic mass is 16.5. The molecule has 0 rings (SSSR count). The van der Waals surface area contributed by atoms with Gasteiger partial charge in [0.25, 0.3) is 0 Å². The quantitative estimate of drug-likeness (QED) is 0.307. The minimum absolute atomic E-state index is 1.03. The molecule has 0 atom stereocenters. The van der Waals surface area contributed by atoms with Crippen LogP contribution in [-0.2, 0) is 4.74 Å². The molecule has 0 aromatic rings. The number of hydrogen-bond donors (Lipinski definition) is 0. The Labute approximate surface area is 50.7 Å². The molecule has 0 heterocycles. The maximum atomic E-state index is 4.67. The Kier molecular flexibility index (Phi) is 5.71. The molecule has 0 saturated carbocycles. The fourth-order valence-corrected chi connectivity index (χ4v) is 0.378. The van der Waals surface area contributed by atoms with Crippen molar-refractivity contribution in [3.63, 3.8) is 0 Å². The van der Waals surface area contributed by atoms with E-state index >= 15 is 0 Å². The van der Waals surface area contributed by atoms with Crippen LogP contribution in [0.2, 0.25) is 0 Å². The molecule has 0 radical (unpaired) electrons. The molecule has 0 unspecified atom stereocenters. The van der Waals surface area contributed by atoms with Crippen molar-refractivity contribution in [1.29, 1.82) is 0 Å². The highest BCUT2D eigenvalue weighted by Crippen LogP contribution is 1.89. The Morgan fingerprint density at radius 2 is 2.25 bits per heavy atom. The molecule has 0 saturated heterocycles. The van der Waals surface area contributed by atoms with Crippen molar-refractivity contribution in [2.75, 3.05) is 7.11 Å². The third kappa shape index (κ3) is 5.28. The third-order valence-corrected chi connectivity index (χ3v) is 0.770. The van der Waals surface area contributed by atoms with Crippen LogP contribution in [0.25, 0.3) is 0 Å². The molecule has 0 aliphatic heterocycles. The maximum absolute atomic E-state index is 4.67. The van der Waals surface area contributed by atoms with E-state index in [1.54, 1.807) is 13.4 Å². The van der Waals surface area contributed by atoms with Crippen molar-refractivity contribution in [2.24, 2.45) is 0 Å². The lowest BCUT2D eigenvalue weighted by Gasteiger charge is -1.84. The van der Waals surface area contributed by atoms with Gasteiger partial charge in [-0.2, -0.15) is 0 Å². The van der Waals surface area contributed by atoms with Gasteiger partial charge < -0.3 is 4.74 Å². The molecule has 0 bridgehead atoms. The Hall–Kier alpha value is -0.720. The van der Waals surface area contributed by atoms with Gasteiger partial charge in [-0.15, -0.1) is 6.58 Å². The first-order chi connectivity index (χ1) is 3.91. The van der Waals surface area contributed by atoms with Crippen molar-refractivity contribution in [2.45, 2.75) is 12.8 Å². The zero-order valence-electron chi connectivity index (χ0n) is 5.26. The number of methoxy groups -OCH3 is 1. The molecule has 0 N–H and O–H groups in total. The van der Waals surface area contributed by atoms with Gasteiger partial charge in [-0.25, -0.2) is 0 Å². The molecule has 0 amide bonds. The smallest absolute Gasteiger partial charge is 0.0784 e. The van der Waals surface area contributed by atoms with Crippen LogP contribution in [-0.4, -0.2) is 7.11 Å². The fourth-order valence-electron chi connectivity index (χ4n) is 0.378. The van der Waals surface area contributed by atoms with Gasteiger partial charge in [0.2, 0.25) is 0 Å². The highest BCUT2D eigenvalue weighted by molar-refractivity contribution is 4.78. The number of ether oxygens (including phenoxy) is 1. The molecular formula is C7H12O. The van der Waals surface area contributed by atoms with Gasteiger partial charge in [0.15, 0.2) is 0 Å². The number of rotatable bonds is 4. The zero-order valence-corrected chi connectivity index (χ0v) is 5.26. The van der Waals surface area contributed by atoms with Gasteiger partial charge in [-0.1, -0.05) is 6.08 Å². The molecule has 1 nitrogen and oxygen atoms in total. The summed E-state index contributed by atoms with van der Waals surface area (Å²) in [6.45, 7) is 3.58. The van der Waals surface area contributed by atoms with Crippen molar-refractivity contribution in [3.05, 3.63) is 25.0 Å². The summed E-state index contributed by atoms with van der Waals surface area (Å²) < 4.78 is 4.67. The van der Waals surface area contributed by atoms with Gasteiger partial charge in [0.05, 0.1) is 13.4 Å². The lowest BCUT2D eigenvalue weighted by molar-refractivity contribution is 0.336. The summed E-state index contributed by atoms with van der Waals surface area (Å²) in [4.78, 5) is 0. The van der Waals surface area contributed by atoms with Crippen molar-refractivity contribution >= 4 is 0 Å². The summed E-state index contributed by atoms with van der Waals surface area (Å²) in [7, 11) is 1.64. The second kappa shape index (κ2) is 6.28. The minimum Gasteiger partial charge on any atom is -0.505 e.